The Labute approximate surface area is 121 Å². The maximum Gasteiger partial charge on any atom is 0.335 e. The smallest absolute Gasteiger partial charge is 0.335 e. The topological polar surface area (TPSA) is 110 Å². The number of carboxylic acids is 1. The Hall–Kier alpha value is -2.35. The fourth-order valence-corrected chi connectivity index (χ4v) is 2.96. The van der Waals surface area contributed by atoms with Crippen LogP contribution in [0.5, 0.6) is 0 Å². The van der Waals surface area contributed by atoms with Gasteiger partial charge in [-0.3, -0.25) is 4.72 Å². The number of rotatable bonds is 5. The highest BCUT2D eigenvalue weighted by Crippen LogP contribution is 2.19. The molecule has 0 saturated carbocycles. The number of aromatic carboxylic acids is 1. The molecule has 1 aromatic carbocycles. The molecule has 2 rings (SSSR count). The fourth-order valence-electron chi connectivity index (χ4n) is 1.80. The number of hydrogen-bond acceptors (Lipinski definition) is 5. The van der Waals surface area contributed by atoms with E-state index in [0.29, 0.717) is 22.7 Å². The van der Waals surface area contributed by atoms with E-state index in [2.05, 4.69) is 9.88 Å². The average molecular weight is 310 g/mol. The summed E-state index contributed by atoms with van der Waals surface area (Å²) in [7, 11) is -3.65. The second kappa shape index (κ2) is 5.57. The number of nitrogens with zero attached hydrogens (tertiary/aromatic N) is 1. The number of benzene rings is 1. The van der Waals surface area contributed by atoms with E-state index >= 15 is 0 Å². The molecule has 1 heterocycles. The molecule has 0 aliphatic heterocycles. The average Bonchev–Trinajstić information content (AvgIpc) is 2.76. The minimum Gasteiger partial charge on any atom is -0.478 e. The summed E-state index contributed by atoms with van der Waals surface area (Å²) in [6.45, 7) is 3.30. The highest BCUT2D eigenvalue weighted by molar-refractivity contribution is 7.91. The van der Waals surface area contributed by atoms with E-state index in [0.717, 1.165) is 0 Å². The van der Waals surface area contributed by atoms with E-state index in [1.807, 2.05) is 0 Å². The number of aryl methyl sites for hydroxylation is 2. The van der Waals surface area contributed by atoms with Gasteiger partial charge in [0.05, 0.1) is 11.3 Å². The lowest BCUT2D eigenvalue weighted by atomic mass is 10.1. The normalized spacial score (nSPS) is 11.3. The van der Waals surface area contributed by atoms with Crippen LogP contribution in [0.2, 0.25) is 0 Å². The number of aromatic nitrogens is 1. The summed E-state index contributed by atoms with van der Waals surface area (Å²) in [6, 6.07) is 5.71. The van der Waals surface area contributed by atoms with Crippen molar-refractivity contribution in [1.82, 2.24) is 5.16 Å². The van der Waals surface area contributed by atoms with Crippen molar-refractivity contribution in [1.29, 1.82) is 0 Å². The van der Waals surface area contributed by atoms with Gasteiger partial charge in [0.1, 0.15) is 17.2 Å². The first kappa shape index (κ1) is 15.0. The van der Waals surface area contributed by atoms with Crippen molar-refractivity contribution < 1.29 is 22.8 Å². The van der Waals surface area contributed by atoms with E-state index in [1.54, 1.807) is 19.9 Å². The van der Waals surface area contributed by atoms with Gasteiger partial charge >= 0.3 is 5.97 Å². The van der Waals surface area contributed by atoms with Gasteiger partial charge in [0.25, 0.3) is 0 Å². The van der Waals surface area contributed by atoms with Crippen molar-refractivity contribution >= 4 is 21.7 Å². The van der Waals surface area contributed by atoms with Crippen LogP contribution >= 0.6 is 0 Å². The maximum absolute atomic E-state index is 12.0. The van der Waals surface area contributed by atoms with E-state index in [9.17, 15) is 13.2 Å². The Morgan fingerprint density at radius 2 is 2.05 bits per heavy atom. The Morgan fingerprint density at radius 1 is 1.33 bits per heavy atom. The molecule has 0 unspecified atom stereocenters. The van der Waals surface area contributed by atoms with Gasteiger partial charge in [-0.2, -0.15) is 0 Å². The molecule has 0 amide bonds. The lowest BCUT2D eigenvalue weighted by Crippen LogP contribution is -2.16. The van der Waals surface area contributed by atoms with E-state index in [1.165, 1.54) is 18.2 Å². The molecule has 0 radical (unpaired) electrons. The van der Waals surface area contributed by atoms with Crippen LogP contribution in [0.15, 0.2) is 28.8 Å². The maximum atomic E-state index is 12.0. The Bertz CT molecular complexity index is 780. The molecule has 21 heavy (non-hydrogen) atoms. The summed E-state index contributed by atoms with van der Waals surface area (Å²) in [6.07, 6.45) is 0. The molecule has 7 nitrogen and oxygen atoms in total. The molecule has 0 fully saturated rings. The van der Waals surface area contributed by atoms with Crippen LogP contribution in [0.25, 0.3) is 0 Å². The summed E-state index contributed by atoms with van der Waals surface area (Å²) in [5, 5.41) is 12.5. The third-order valence-electron chi connectivity index (χ3n) is 2.75. The van der Waals surface area contributed by atoms with Gasteiger partial charge < -0.3 is 9.63 Å². The first-order valence-corrected chi connectivity index (χ1v) is 7.69. The molecule has 0 bridgehead atoms. The monoisotopic (exact) mass is 310 g/mol. The second-order valence-electron chi connectivity index (χ2n) is 4.62. The minimum atomic E-state index is -3.65. The second-order valence-corrected chi connectivity index (χ2v) is 6.35. The summed E-state index contributed by atoms with van der Waals surface area (Å²) < 4.78 is 31.3. The molecule has 2 N–H and O–H groups in total. The summed E-state index contributed by atoms with van der Waals surface area (Å²) in [5.74, 6) is -0.849. The van der Waals surface area contributed by atoms with Crippen molar-refractivity contribution in [2.24, 2.45) is 0 Å². The van der Waals surface area contributed by atoms with Crippen LogP contribution in [0, 0.1) is 13.8 Å². The van der Waals surface area contributed by atoms with Gasteiger partial charge in [0.15, 0.2) is 0 Å². The van der Waals surface area contributed by atoms with E-state index in [4.69, 9.17) is 9.63 Å². The minimum absolute atomic E-state index is 0.0996. The zero-order chi connectivity index (χ0) is 15.6. The molecule has 0 aliphatic rings. The first-order chi connectivity index (χ1) is 9.77. The first-order valence-electron chi connectivity index (χ1n) is 6.03. The number of sulfonamides is 1. The number of anilines is 1. The molecule has 2 aromatic rings. The zero-order valence-electron chi connectivity index (χ0n) is 11.5. The van der Waals surface area contributed by atoms with Gasteiger partial charge in [-0.05, 0) is 37.6 Å². The largest absolute Gasteiger partial charge is 0.478 e. The van der Waals surface area contributed by atoms with Crippen LogP contribution in [0.4, 0.5) is 5.69 Å². The molecule has 0 atom stereocenters. The van der Waals surface area contributed by atoms with Crippen LogP contribution < -0.4 is 4.72 Å². The van der Waals surface area contributed by atoms with Gasteiger partial charge in [-0.15, -0.1) is 0 Å². The fraction of sp³-hybridized carbons (Fsp3) is 0.231. The van der Waals surface area contributed by atoms with Crippen LogP contribution in [-0.4, -0.2) is 24.7 Å². The van der Waals surface area contributed by atoms with Crippen LogP contribution in [-0.2, 0) is 15.8 Å². The third kappa shape index (κ3) is 3.82. The SMILES string of the molecule is Cc1cc(CS(=O)(=O)Nc2ccc(C(=O)O)cc2C)no1. The summed E-state index contributed by atoms with van der Waals surface area (Å²) in [5.41, 5.74) is 1.26. The molecule has 1 aromatic heterocycles. The molecule has 8 heteroatoms. The molecule has 112 valence electrons. The predicted octanol–water partition coefficient (Wildman–Crippen LogP) is 1.93. The summed E-state index contributed by atoms with van der Waals surface area (Å²) >= 11 is 0. The van der Waals surface area contributed by atoms with E-state index < -0.39 is 16.0 Å². The van der Waals surface area contributed by atoms with Crippen molar-refractivity contribution in [2.75, 3.05) is 4.72 Å². The lowest BCUT2D eigenvalue weighted by molar-refractivity contribution is 0.0697. The Balaban J connectivity index is 2.18. The number of carbonyl (C=O) groups is 1. The third-order valence-corrected chi connectivity index (χ3v) is 3.96. The van der Waals surface area contributed by atoms with Gasteiger partial charge in [0.2, 0.25) is 10.0 Å². The van der Waals surface area contributed by atoms with Crippen molar-refractivity contribution in [3.05, 3.63) is 46.8 Å². The lowest BCUT2D eigenvalue weighted by Gasteiger charge is -2.10. The van der Waals surface area contributed by atoms with Crippen molar-refractivity contribution in [3.8, 4) is 0 Å². The molecule has 0 saturated heterocycles. The zero-order valence-corrected chi connectivity index (χ0v) is 12.3. The molecule has 0 spiro atoms. The molecule has 0 aliphatic carbocycles. The van der Waals surface area contributed by atoms with Crippen LogP contribution in [0.1, 0.15) is 27.4 Å². The highest BCUT2D eigenvalue weighted by atomic mass is 32.2. The van der Waals surface area contributed by atoms with Crippen molar-refractivity contribution in [3.63, 3.8) is 0 Å². The molecular weight excluding hydrogens is 296 g/mol. The number of hydrogen-bond donors (Lipinski definition) is 2. The standard InChI is InChI=1S/C13H14N2O5S/c1-8-5-10(13(16)17)3-4-12(8)15-21(18,19)7-11-6-9(2)20-14-11/h3-6,15H,7H2,1-2H3,(H,16,17). The van der Waals surface area contributed by atoms with Crippen LogP contribution in [0.3, 0.4) is 0 Å². The van der Waals surface area contributed by atoms with Gasteiger partial charge in [-0.1, -0.05) is 5.16 Å². The van der Waals surface area contributed by atoms with Crippen molar-refractivity contribution in [2.45, 2.75) is 19.6 Å². The number of carboxylic acid groups (broad SMARTS) is 1. The quantitative estimate of drug-likeness (QED) is 0.873. The highest BCUT2D eigenvalue weighted by Gasteiger charge is 2.16. The summed E-state index contributed by atoms with van der Waals surface area (Å²) in [4.78, 5) is 10.8. The Morgan fingerprint density at radius 3 is 2.57 bits per heavy atom. The van der Waals surface area contributed by atoms with E-state index in [-0.39, 0.29) is 11.3 Å². The number of nitrogens with one attached hydrogen (secondary N) is 1. The van der Waals surface area contributed by atoms with Gasteiger partial charge in [0, 0.05) is 6.07 Å². The Kier molecular flexibility index (Phi) is 3.99. The molecular formula is C13H14N2O5S. The predicted molar refractivity (Wildman–Crippen MR) is 75.6 cm³/mol. The van der Waals surface area contributed by atoms with Gasteiger partial charge in [-0.25, -0.2) is 13.2 Å².